The highest BCUT2D eigenvalue weighted by Gasteiger charge is 2.27. The lowest BCUT2D eigenvalue weighted by molar-refractivity contribution is -0.146. The summed E-state index contributed by atoms with van der Waals surface area (Å²) in [6.45, 7) is 7.70. The number of carbonyl (C=O) groups is 2. The van der Waals surface area contributed by atoms with E-state index >= 15 is 0 Å². The minimum absolute atomic E-state index is 0.279. The predicted octanol–water partition coefficient (Wildman–Crippen LogP) is 3.60. The number of para-hydroxylation sites is 1. The second-order valence-corrected chi connectivity index (χ2v) is 5.63. The molecule has 0 N–H and O–H groups in total. The number of ether oxygens (including phenoxy) is 2. The van der Waals surface area contributed by atoms with Crippen molar-refractivity contribution in [3.63, 3.8) is 0 Å². The van der Waals surface area contributed by atoms with Crippen LogP contribution in [-0.2, 0) is 9.53 Å². The highest BCUT2D eigenvalue weighted by atomic mass is 16.6. The van der Waals surface area contributed by atoms with Crippen LogP contribution in [0.4, 0.5) is 0 Å². The Labute approximate surface area is 120 Å². The van der Waals surface area contributed by atoms with Crippen LogP contribution in [0.25, 0.3) is 0 Å². The van der Waals surface area contributed by atoms with Crippen molar-refractivity contribution in [2.75, 3.05) is 6.61 Å². The smallest absolute Gasteiger partial charge is 0.349 e. The fourth-order valence-electron chi connectivity index (χ4n) is 1.38. The van der Waals surface area contributed by atoms with E-state index in [2.05, 4.69) is 6.92 Å². The van der Waals surface area contributed by atoms with Crippen molar-refractivity contribution in [3.8, 4) is 5.75 Å². The molecule has 0 heterocycles. The van der Waals surface area contributed by atoms with Gasteiger partial charge in [-0.15, -0.1) is 0 Å². The summed E-state index contributed by atoms with van der Waals surface area (Å²) in [6.07, 6.45) is 1.92. The topological polar surface area (TPSA) is 52.6 Å². The largest absolute Gasteiger partial charge is 0.493 e. The molecular weight excluding hydrogens is 256 g/mol. The lowest BCUT2D eigenvalue weighted by atomic mass is 9.97. The Hall–Kier alpha value is -1.84. The maximum atomic E-state index is 12.0. The molecule has 110 valence electrons. The Morgan fingerprint density at radius 2 is 1.80 bits per heavy atom. The maximum Gasteiger partial charge on any atom is 0.349 e. The Kier molecular flexibility index (Phi) is 5.74. The van der Waals surface area contributed by atoms with Crippen LogP contribution < -0.4 is 4.74 Å². The van der Waals surface area contributed by atoms with Gasteiger partial charge in [-0.25, -0.2) is 4.79 Å². The van der Waals surface area contributed by atoms with Crippen molar-refractivity contribution in [2.45, 2.75) is 40.5 Å². The lowest BCUT2D eigenvalue weighted by Crippen LogP contribution is -2.26. The van der Waals surface area contributed by atoms with Crippen molar-refractivity contribution in [2.24, 2.45) is 5.41 Å². The number of rotatable bonds is 5. The molecule has 0 amide bonds. The average molecular weight is 278 g/mol. The third-order valence-electron chi connectivity index (χ3n) is 2.66. The van der Waals surface area contributed by atoms with Crippen molar-refractivity contribution < 1.29 is 19.1 Å². The monoisotopic (exact) mass is 278 g/mol. The first kappa shape index (κ1) is 16.2. The standard InChI is InChI=1S/C16H22O4/c1-5-6-11-19-13-10-8-7-9-12(13)14(17)20-15(18)16(2,3)4/h7-10H,5-6,11H2,1-4H3. The highest BCUT2D eigenvalue weighted by Crippen LogP contribution is 2.22. The molecule has 4 heteroatoms. The van der Waals surface area contributed by atoms with Gasteiger partial charge in [0.25, 0.3) is 0 Å². The van der Waals surface area contributed by atoms with Gasteiger partial charge in [-0.05, 0) is 39.3 Å². The molecule has 0 unspecified atom stereocenters. The summed E-state index contributed by atoms with van der Waals surface area (Å²) in [6, 6.07) is 6.79. The van der Waals surface area contributed by atoms with E-state index in [9.17, 15) is 9.59 Å². The summed E-state index contributed by atoms with van der Waals surface area (Å²) in [5, 5.41) is 0. The number of esters is 2. The molecule has 1 aromatic carbocycles. The fraction of sp³-hybridized carbons (Fsp3) is 0.500. The van der Waals surface area contributed by atoms with E-state index in [1.807, 2.05) is 0 Å². The quantitative estimate of drug-likeness (QED) is 0.469. The number of hydrogen-bond acceptors (Lipinski definition) is 4. The van der Waals surface area contributed by atoms with E-state index in [1.165, 1.54) is 0 Å². The molecule has 0 atom stereocenters. The maximum absolute atomic E-state index is 12.0. The van der Waals surface area contributed by atoms with Gasteiger partial charge in [-0.2, -0.15) is 0 Å². The van der Waals surface area contributed by atoms with Crippen LogP contribution in [-0.4, -0.2) is 18.5 Å². The molecule has 0 bridgehead atoms. The summed E-state index contributed by atoms with van der Waals surface area (Å²) < 4.78 is 10.4. The molecule has 1 rings (SSSR count). The van der Waals surface area contributed by atoms with Crippen molar-refractivity contribution in [1.29, 1.82) is 0 Å². The Morgan fingerprint density at radius 1 is 1.15 bits per heavy atom. The molecule has 0 aliphatic heterocycles. The summed E-state index contributed by atoms with van der Waals surface area (Å²) in [4.78, 5) is 23.8. The summed E-state index contributed by atoms with van der Waals surface area (Å²) in [5.41, 5.74) is -0.436. The number of unbranched alkanes of at least 4 members (excludes halogenated alkanes) is 1. The minimum atomic E-state index is -0.715. The van der Waals surface area contributed by atoms with Gasteiger partial charge < -0.3 is 9.47 Å². The Bertz CT molecular complexity index is 472. The average Bonchev–Trinajstić information content (AvgIpc) is 2.38. The van der Waals surface area contributed by atoms with Crippen LogP contribution in [0.2, 0.25) is 0 Å². The molecule has 0 aliphatic carbocycles. The van der Waals surface area contributed by atoms with E-state index in [-0.39, 0.29) is 5.56 Å². The summed E-state index contributed by atoms with van der Waals surface area (Å²) in [5.74, 6) is -0.768. The van der Waals surface area contributed by atoms with Crippen molar-refractivity contribution in [1.82, 2.24) is 0 Å². The highest BCUT2D eigenvalue weighted by molar-refractivity contribution is 5.99. The van der Waals surface area contributed by atoms with E-state index < -0.39 is 17.4 Å². The van der Waals surface area contributed by atoms with Crippen LogP contribution >= 0.6 is 0 Å². The first-order chi connectivity index (χ1) is 9.36. The first-order valence-corrected chi connectivity index (χ1v) is 6.84. The SMILES string of the molecule is CCCCOc1ccccc1C(=O)OC(=O)C(C)(C)C. The van der Waals surface area contributed by atoms with Crippen molar-refractivity contribution >= 4 is 11.9 Å². The number of hydrogen-bond donors (Lipinski definition) is 0. The molecule has 1 aromatic rings. The molecular formula is C16H22O4. The van der Waals surface area contributed by atoms with Crippen LogP contribution in [0.3, 0.4) is 0 Å². The molecule has 0 aromatic heterocycles. The van der Waals surface area contributed by atoms with E-state index in [0.29, 0.717) is 12.4 Å². The van der Waals surface area contributed by atoms with Crippen molar-refractivity contribution in [3.05, 3.63) is 29.8 Å². The third-order valence-corrected chi connectivity index (χ3v) is 2.66. The fourth-order valence-corrected chi connectivity index (χ4v) is 1.38. The van der Waals surface area contributed by atoms with Gasteiger partial charge in [-0.3, -0.25) is 4.79 Å². The first-order valence-electron chi connectivity index (χ1n) is 6.84. The van der Waals surface area contributed by atoms with E-state index in [1.54, 1.807) is 45.0 Å². The Morgan fingerprint density at radius 3 is 2.40 bits per heavy atom. The zero-order chi connectivity index (χ0) is 15.2. The van der Waals surface area contributed by atoms with Gasteiger partial charge in [0, 0.05) is 0 Å². The van der Waals surface area contributed by atoms with E-state index in [0.717, 1.165) is 12.8 Å². The summed E-state index contributed by atoms with van der Waals surface area (Å²) >= 11 is 0. The van der Waals surface area contributed by atoms with Gasteiger partial charge in [0.15, 0.2) is 0 Å². The Balaban J connectivity index is 2.80. The second kappa shape index (κ2) is 7.08. The lowest BCUT2D eigenvalue weighted by Gasteiger charge is -2.16. The van der Waals surface area contributed by atoms with Gasteiger partial charge in [0.2, 0.25) is 0 Å². The molecule has 0 fully saturated rings. The van der Waals surface area contributed by atoms with Crippen LogP contribution in [0.15, 0.2) is 24.3 Å². The zero-order valence-electron chi connectivity index (χ0n) is 12.6. The van der Waals surface area contributed by atoms with Gasteiger partial charge in [0.1, 0.15) is 11.3 Å². The van der Waals surface area contributed by atoms with Gasteiger partial charge in [-0.1, -0.05) is 25.5 Å². The van der Waals surface area contributed by atoms with E-state index in [4.69, 9.17) is 9.47 Å². The zero-order valence-corrected chi connectivity index (χ0v) is 12.6. The normalized spacial score (nSPS) is 11.0. The molecule has 0 saturated carbocycles. The molecule has 20 heavy (non-hydrogen) atoms. The minimum Gasteiger partial charge on any atom is -0.493 e. The molecule has 4 nitrogen and oxygen atoms in total. The third kappa shape index (κ3) is 4.68. The second-order valence-electron chi connectivity index (χ2n) is 5.63. The van der Waals surface area contributed by atoms with Crippen LogP contribution in [0.5, 0.6) is 5.75 Å². The molecule has 0 radical (unpaired) electrons. The van der Waals surface area contributed by atoms with Gasteiger partial charge >= 0.3 is 11.9 Å². The van der Waals surface area contributed by atoms with Crippen LogP contribution in [0, 0.1) is 5.41 Å². The molecule has 0 saturated heterocycles. The number of carbonyl (C=O) groups excluding carboxylic acids is 2. The van der Waals surface area contributed by atoms with Gasteiger partial charge in [0.05, 0.1) is 12.0 Å². The van der Waals surface area contributed by atoms with Crippen LogP contribution in [0.1, 0.15) is 50.9 Å². The summed E-state index contributed by atoms with van der Waals surface area (Å²) in [7, 11) is 0. The molecule has 0 aliphatic rings. The molecule has 0 spiro atoms. The number of benzene rings is 1. The predicted molar refractivity (Wildman–Crippen MR) is 76.7 cm³/mol.